The van der Waals surface area contributed by atoms with Gasteiger partial charge in [-0.3, -0.25) is 9.59 Å². The maximum atomic E-state index is 11.6. The monoisotopic (exact) mass is 247 g/mol. The largest absolute Gasteiger partial charge is 0.481 e. The van der Waals surface area contributed by atoms with Crippen LogP contribution in [0.15, 0.2) is 0 Å². The molecule has 0 rings (SSSR count). The van der Waals surface area contributed by atoms with Crippen molar-refractivity contribution in [3.05, 3.63) is 0 Å². The lowest BCUT2D eigenvalue weighted by Gasteiger charge is -2.21. The second-order valence-electron chi connectivity index (χ2n) is 3.51. The van der Waals surface area contributed by atoms with Crippen LogP contribution in [0.4, 0.5) is 0 Å². The predicted octanol–water partition coefficient (Wildman–Crippen LogP) is 0.363. The maximum absolute atomic E-state index is 11.6. The zero-order chi connectivity index (χ0) is 13.1. The minimum absolute atomic E-state index is 0.0196. The van der Waals surface area contributed by atoms with Crippen LogP contribution in [0, 0.1) is 0 Å². The molecule has 0 saturated heterocycles. The third-order valence-electron chi connectivity index (χ3n) is 2.14. The Morgan fingerprint density at radius 1 is 1.29 bits per heavy atom. The highest BCUT2D eigenvalue weighted by Gasteiger charge is 2.13. The van der Waals surface area contributed by atoms with Crippen LogP contribution in [0.1, 0.15) is 19.8 Å². The van der Waals surface area contributed by atoms with Crippen molar-refractivity contribution in [1.82, 2.24) is 4.90 Å². The van der Waals surface area contributed by atoms with Gasteiger partial charge in [0.2, 0.25) is 5.91 Å². The first-order chi connectivity index (χ1) is 8.11. The van der Waals surface area contributed by atoms with Crippen molar-refractivity contribution in [2.75, 3.05) is 40.0 Å². The summed E-state index contributed by atoms with van der Waals surface area (Å²) in [4.78, 5) is 23.5. The number of carboxylic acids is 1. The Morgan fingerprint density at radius 2 is 2.00 bits per heavy atom. The van der Waals surface area contributed by atoms with Gasteiger partial charge in [-0.1, -0.05) is 0 Å². The van der Waals surface area contributed by atoms with Gasteiger partial charge in [-0.05, 0) is 13.3 Å². The predicted molar refractivity (Wildman–Crippen MR) is 61.8 cm³/mol. The molecule has 0 radical (unpaired) electrons. The maximum Gasteiger partial charge on any atom is 0.305 e. The van der Waals surface area contributed by atoms with E-state index in [-0.39, 0.29) is 25.5 Å². The van der Waals surface area contributed by atoms with E-state index < -0.39 is 5.97 Å². The Bertz CT molecular complexity index is 232. The molecule has 6 nitrogen and oxygen atoms in total. The first-order valence-corrected chi connectivity index (χ1v) is 5.68. The second-order valence-corrected chi connectivity index (χ2v) is 3.51. The zero-order valence-electron chi connectivity index (χ0n) is 10.5. The molecule has 0 aliphatic heterocycles. The third kappa shape index (κ3) is 8.65. The molecule has 0 aliphatic carbocycles. The average molecular weight is 247 g/mol. The van der Waals surface area contributed by atoms with E-state index in [0.29, 0.717) is 26.2 Å². The normalized spacial score (nSPS) is 10.2. The van der Waals surface area contributed by atoms with Crippen molar-refractivity contribution in [3.63, 3.8) is 0 Å². The lowest BCUT2D eigenvalue weighted by atomic mass is 10.3. The van der Waals surface area contributed by atoms with Crippen LogP contribution in [0.2, 0.25) is 0 Å². The van der Waals surface area contributed by atoms with Gasteiger partial charge in [0.25, 0.3) is 0 Å². The van der Waals surface area contributed by atoms with E-state index in [2.05, 4.69) is 0 Å². The van der Waals surface area contributed by atoms with Gasteiger partial charge in [-0.2, -0.15) is 0 Å². The third-order valence-corrected chi connectivity index (χ3v) is 2.14. The van der Waals surface area contributed by atoms with Crippen LogP contribution in [-0.4, -0.2) is 61.9 Å². The van der Waals surface area contributed by atoms with E-state index in [9.17, 15) is 9.59 Å². The number of rotatable bonds is 10. The standard InChI is InChI=1S/C11H21NO5/c1-3-17-8-4-6-12(7-5-11(14)15)10(13)9-16-2/h3-9H2,1-2H3,(H,14,15). The van der Waals surface area contributed by atoms with Gasteiger partial charge in [-0.15, -0.1) is 0 Å². The molecule has 6 heteroatoms. The number of aliphatic carboxylic acids is 1. The van der Waals surface area contributed by atoms with Crippen molar-refractivity contribution in [2.24, 2.45) is 0 Å². The number of hydrogen-bond donors (Lipinski definition) is 1. The Kier molecular flexibility index (Phi) is 9.37. The number of amides is 1. The van der Waals surface area contributed by atoms with Gasteiger partial charge in [0.1, 0.15) is 6.61 Å². The van der Waals surface area contributed by atoms with E-state index in [1.807, 2.05) is 6.92 Å². The topological polar surface area (TPSA) is 76.1 Å². The molecule has 1 amide bonds. The molecule has 0 bridgehead atoms. The summed E-state index contributed by atoms with van der Waals surface area (Å²) in [5.41, 5.74) is 0. The van der Waals surface area contributed by atoms with Crippen molar-refractivity contribution >= 4 is 11.9 Å². The Labute approximate surface area is 101 Å². The highest BCUT2D eigenvalue weighted by atomic mass is 16.5. The fourth-order valence-corrected chi connectivity index (χ4v) is 1.31. The Morgan fingerprint density at radius 3 is 2.53 bits per heavy atom. The van der Waals surface area contributed by atoms with Gasteiger partial charge in [0, 0.05) is 33.4 Å². The highest BCUT2D eigenvalue weighted by molar-refractivity contribution is 5.78. The average Bonchev–Trinajstić information content (AvgIpc) is 2.28. The van der Waals surface area contributed by atoms with Gasteiger partial charge in [0.15, 0.2) is 0 Å². The fourth-order valence-electron chi connectivity index (χ4n) is 1.31. The van der Waals surface area contributed by atoms with Gasteiger partial charge >= 0.3 is 5.97 Å². The molecule has 0 fully saturated rings. The van der Waals surface area contributed by atoms with Crippen molar-refractivity contribution in [2.45, 2.75) is 19.8 Å². The molecule has 0 spiro atoms. The lowest BCUT2D eigenvalue weighted by Crippen LogP contribution is -2.36. The highest BCUT2D eigenvalue weighted by Crippen LogP contribution is 1.97. The van der Waals surface area contributed by atoms with E-state index in [4.69, 9.17) is 14.6 Å². The number of ether oxygens (including phenoxy) is 2. The van der Waals surface area contributed by atoms with E-state index in [1.54, 1.807) is 0 Å². The SMILES string of the molecule is CCOCCCN(CCC(=O)O)C(=O)COC. The van der Waals surface area contributed by atoms with E-state index >= 15 is 0 Å². The smallest absolute Gasteiger partial charge is 0.305 e. The minimum Gasteiger partial charge on any atom is -0.481 e. The number of nitrogens with zero attached hydrogens (tertiary/aromatic N) is 1. The molecular weight excluding hydrogens is 226 g/mol. The first kappa shape index (κ1) is 15.9. The van der Waals surface area contributed by atoms with E-state index in [1.165, 1.54) is 12.0 Å². The van der Waals surface area contributed by atoms with Crippen LogP contribution < -0.4 is 0 Å². The summed E-state index contributed by atoms with van der Waals surface area (Å²) in [7, 11) is 1.44. The minimum atomic E-state index is -0.912. The molecule has 0 aliphatic rings. The van der Waals surface area contributed by atoms with Gasteiger partial charge < -0.3 is 19.5 Å². The lowest BCUT2D eigenvalue weighted by molar-refractivity contribution is -0.139. The summed E-state index contributed by atoms with van der Waals surface area (Å²) < 4.78 is 9.91. The van der Waals surface area contributed by atoms with Crippen LogP contribution in [0.5, 0.6) is 0 Å². The molecule has 0 heterocycles. The molecule has 0 aromatic rings. The molecule has 100 valence electrons. The zero-order valence-corrected chi connectivity index (χ0v) is 10.5. The van der Waals surface area contributed by atoms with Crippen LogP contribution in [0.3, 0.4) is 0 Å². The van der Waals surface area contributed by atoms with Crippen LogP contribution in [-0.2, 0) is 19.1 Å². The summed E-state index contributed by atoms with van der Waals surface area (Å²) >= 11 is 0. The number of carbonyl (C=O) groups is 2. The van der Waals surface area contributed by atoms with Crippen LogP contribution >= 0.6 is 0 Å². The summed E-state index contributed by atoms with van der Waals surface area (Å²) in [6.07, 6.45) is 0.646. The number of hydrogen-bond acceptors (Lipinski definition) is 4. The molecule has 17 heavy (non-hydrogen) atoms. The molecular formula is C11H21NO5. The van der Waals surface area contributed by atoms with Crippen molar-refractivity contribution in [3.8, 4) is 0 Å². The summed E-state index contributed by atoms with van der Waals surface area (Å²) in [5, 5.41) is 8.59. The summed E-state index contributed by atoms with van der Waals surface area (Å²) in [6, 6.07) is 0. The van der Waals surface area contributed by atoms with E-state index in [0.717, 1.165) is 0 Å². The molecule has 0 aromatic carbocycles. The first-order valence-electron chi connectivity index (χ1n) is 5.68. The molecule has 0 saturated carbocycles. The van der Waals surface area contributed by atoms with Gasteiger partial charge in [0.05, 0.1) is 6.42 Å². The van der Waals surface area contributed by atoms with Crippen LogP contribution in [0.25, 0.3) is 0 Å². The number of methoxy groups -OCH3 is 1. The quantitative estimate of drug-likeness (QED) is 0.564. The Hall–Kier alpha value is -1.14. The second kappa shape index (κ2) is 10.0. The summed E-state index contributed by atoms with van der Waals surface area (Å²) in [5.74, 6) is -1.10. The summed E-state index contributed by atoms with van der Waals surface area (Å²) in [6.45, 7) is 3.80. The van der Waals surface area contributed by atoms with Crippen molar-refractivity contribution in [1.29, 1.82) is 0 Å². The number of carbonyl (C=O) groups excluding carboxylic acids is 1. The molecule has 1 N–H and O–H groups in total. The molecule has 0 unspecified atom stereocenters. The Balaban J connectivity index is 4.00. The fraction of sp³-hybridized carbons (Fsp3) is 0.818. The number of carboxylic acid groups (broad SMARTS) is 1. The van der Waals surface area contributed by atoms with Gasteiger partial charge in [-0.25, -0.2) is 0 Å². The molecule has 0 aromatic heterocycles. The van der Waals surface area contributed by atoms with Crippen molar-refractivity contribution < 1.29 is 24.2 Å². The molecule has 0 atom stereocenters.